The molecule has 0 aliphatic carbocycles. The topological polar surface area (TPSA) is 174 Å². The van der Waals surface area contributed by atoms with Gasteiger partial charge in [-0.3, -0.25) is 4.57 Å². The molecular weight excluding hydrogens is 498 g/mol. The number of ether oxygens (including phenoxy) is 1. The fourth-order valence-corrected chi connectivity index (χ4v) is 5.79. The maximum Gasteiger partial charge on any atom is 0.319 e. The highest BCUT2D eigenvalue weighted by molar-refractivity contribution is 7.91. The molecule has 2 unspecified atom stereocenters. The van der Waals surface area contributed by atoms with Crippen molar-refractivity contribution in [3.05, 3.63) is 42.5 Å². The van der Waals surface area contributed by atoms with E-state index >= 15 is 0 Å². The van der Waals surface area contributed by atoms with E-state index in [1.807, 2.05) is 24.3 Å². The zero-order valence-electron chi connectivity index (χ0n) is 21.1. The number of aromatic nitrogens is 4. The molecule has 200 valence electrons. The fraction of sp³-hybridized carbons (Fsp3) is 0.500. The Balaban J connectivity index is 1.23. The normalized spacial score (nSPS) is 20.3. The third-order valence-electron chi connectivity index (χ3n) is 6.28. The lowest BCUT2D eigenvalue weighted by Crippen LogP contribution is -2.34. The van der Waals surface area contributed by atoms with E-state index in [0.29, 0.717) is 16.9 Å². The molecule has 12 nitrogen and oxygen atoms in total. The Morgan fingerprint density at radius 3 is 2.68 bits per heavy atom. The smallest absolute Gasteiger partial charge is 0.319 e. The number of urea groups is 1. The molecule has 1 saturated heterocycles. The number of hydrogen-bond acceptors (Lipinski definition) is 9. The van der Waals surface area contributed by atoms with E-state index in [1.54, 1.807) is 0 Å². The molecular formula is C24H33N7O5S. The highest BCUT2D eigenvalue weighted by Gasteiger charge is 2.42. The Bertz CT molecular complexity index is 1370. The number of rotatable bonds is 8. The van der Waals surface area contributed by atoms with Gasteiger partial charge in [-0.05, 0) is 29.5 Å². The van der Waals surface area contributed by atoms with Gasteiger partial charge in [-0.1, -0.05) is 32.9 Å². The summed E-state index contributed by atoms with van der Waals surface area (Å²) in [6.07, 6.45) is 2.27. The van der Waals surface area contributed by atoms with E-state index in [9.17, 15) is 18.3 Å². The number of nitrogens with zero attached hydrogens (tertiary/aromatic N) is 4. The number of nitrogens with two attached hydrogens (primary N) is 1. The summed E-state index contributed by atoms with van der Waals surface area (Å²) in [6.45, 7) is 6.43. The van der Waals surface area contributed by atoms with E-state index in [4.69, 9.17) is 10.5 Å². The second-order valence-corrected chi connectivity index (χ2v) is 12.6. The average Bonchev–Trinajstić information content (AvgIpc) is 3.42. The minimum Gasteiger partial charge on any atom is -0.382 e. The zero-order chi connectivity index (χ0) is 26.8. The Morgan fingerprint density at radius 1 is 1.24 bits per heavy atom. The molecule has 2 atom stereocenters. The van der Waals surface area contributed by atoms with Gasteiger partial charge in [0.15, 0.2) is 27.0 Å². The maximum atomic E-state index is 12.6. The van der Waals surface area contributed by atoms with Gasteiger partial charge < -0.3 is 26.2 Å². The van der Waals surface area contributed by atoms with Crippen LogP contribution in [0.4, 0.5) is 16.3 Å². The standard InChI is InChI=1S/C24H33N7O5S/c1-23(2,3)16-5-7-17(8-6-16)30-22(32)26-9-4-10-37(34,35)12-18-11-24(33,13-36-18)31-15-29-19-20(25)27-14-28-21(19)31/h5-8,14-15,18,33H,4,9-13H2,1-3H3,(H2,25,27,28)(H2,26,30,32). The first-order valence-corrected chi connectivity index (χ1v) is 13.8. The molecule has 0 saturated carbocycles. The number of aliphatic hydroxyl groups is 1. The molecule has 1 aromatic carbocycles. The Kier molecular flexibility index (Phi) is 7.40. The van der Waals surface area contributed by atoms with Gasteiger partial charge >= 0.3 is 6.03 Å². The maximum absolute atomic E-state index is 12.6. The fourth-order valence-electron chi connectivity index (χ4n) is 4.26. The van der Waals surface area contributed by atoms with Crippen molar-refractivity contribution in [2.75, 3.05) is 35.7 Å². The number of fused-ring (bicyclic) bond motifs is 1. The number of benzene rings is 1. The summed E-state index contributed by atoms with van der Waals surface area (Å²) in [6, 6.07) is 7.20. The van der Waals surface area contributed by atoms with Gasteiger partial charge in [0, 0.05) is 18.7 Å². The van der Waals surface area contributed by atoms with Crippen LogP contribution in [0.15, 0.2) is 36.9 Å². The number of sulfone groups is 1. The Hall–Kier alpha value is -3.29. The number of hydrogen-bond donors (Lipinski definition) is 4. The lowest BCUT2D eigenvalue weighted by molar-refractivity contribution is -0.0405. The van der Waals surface area contributed by atoms with Crippen LogP contribution in [0, 0.1) is 0 Å². The third-order valence-corrected chi connectivity index (χ3v) is 8.07. The number of nitrogens with one attached hydrogen (secondary N) is 2. The van der Waals surface area contributed by atoms with Crippen molar-refractivity contribution in [1.29, 1.82) is 0 Å². The summed E-state index contributed by atoms with van der Waals surface area (Å²) in [5.41, 5.74) is 6.84. The lowest BCUT2D eigenvalue weighted by atomic mass is 9.87. The van der Waals surface area contributed by atoms with E-state index in [1.165, 1.54) is 17.2 Å². The van der Waals surface area contributed by atoms with Crippen molar-refractivity contribution in [3.8, 4) is 0 Å². The number of carbonyl (C=O) groups excluding carboxylic acids is 1. The first-order valence-electron chi connectivity index (χ1n) is 12.0. The van der Waals surface area contributed by atoms with Crippen molar-refractivity contribution >= 4 is 38.5 Å². The number of anilines is 2. The first-order chi connectivity index (χ1) is 17.4. The summed E-state index contributed by atoms with van der Waals surface area (Å²) in [4.78, 5) is 24.3. The second kappa shape index (κ2) is 10.2. The molecule has 5 N–H and O–H groups in total. The van der Waals surface area contributed by atoms with Crippen molar-refractivity contribution in [1.82, 2.24) is 24.8 Å². The van der Waals surface area contributed by atoms with Crippen molar-refractivity contribution in [3.63, 3.8) is 0 Å². The van der Waals surface area contributed by atoms with Gasteiger partial charge in [-0.2, -0.15) is 0 Å². The quantitative estimate of drug-likeness (QED) is 0.316. The van der Waals surface area contributed by atoms with Crippen LogP contribution >= 0.6 is 0 Å². The van der Waals surface area contributed by atoms with Crippen LogP contribution in [0.1, 0.15) is 39.2 Å². The summed E-state index contributed by atoms with van der Waals surface area (Å²) < 4.78 is 32.3. The monoisotopic (exact) mass is 531 g/mol. The van der Waals surface area contributed by atoms with Gasteiger partial charge in [0.1, 0.15) is 11.8 Å². The summed E-state index contributed by atoms with van der Waals surface area (Å²) in [5.74, 6) is -0.180. The molecule has 0 spiro atoms. The van der Waals surface area contributed by atoms with Crippen molar-refractivity contribution in [2.24, 2.45) is 0 Å². The molecule has 1 aliphatic rings. The van der Waals surface area contributed by atoms with Crippen LogP contribution in [-0.2, 0) is 25.7 Å². The molecule has 0 bridgehead atoms. The van der Waals surface area contributed by atoms with Gasteiger partial charge in [-0.25, -0.2) is 28.2 Å². The number of amides is 2. The Morgan fingerprint density at radius 2 is 1.97 bits per heavy atom. The molecule has 1 aliphatic heterocycles. The SMILES string of the molecule is CC(C)(C)c1ccc(NC(=O)NCCCS(=O)(=O)CC2CC(O)(n3cnc4c(N)ncnc43)CO2)cc1. The molecule has 3 aromatic rings. The molecule has 2 aromatic heterocycles. The zero-order valence-corrected chi connectivity index (χ0v) is 22.0. The molecule has 13 heteroatoms. The van der Waals surface area contributed by atoms with E-state index < -0.39 is 27.7 Å². The number of nitrogen functional groups attached to an aromatic ring is 1. The van der Waals surface area contributed by atoms with Gasteiger partial charge in [0.2, 0.25) is 0 Å². The first kappa shape index (κ1) is 26.8. The number of imidazole rings is 1. The highest BCUT2D eigenvalue weighted by atomic mass is 32.2. The van der Waals surface area contributed by atoms with Crippen molar-refractivity contribution in [2.45, 2.75) is 50.9 Å². The van der Waals surface area contributed by atoms with Crippen LogP contribution in [0.2, 0.25) is 0 Å². The summed E-state index contributed by atoms with van der Waals surface area (Å²) >= 11 is 0. The predicted octanol–water partition coefficient (Wildman–Crippen LogP) is 1.77. The largest absolute Gasteiger partial charge is 0.382 e. The van der Waals surface area contributed by atoms with Crippen LogP contribution in [0.25, 0.3) is 11.2 Å². The van der Waals surface area contributed by atoms with E-state index in [-0.39, 0.29) is 48.7 Å². The minimum atomic E-state index is -3.49. The molecule has 2 amide bonds. The van der Waals surface area contributed by atoms with Gasteiger partial charge in [-0.15, -0.1) is 0 Å². The molecule has 1 fully saturated rings. The molecule has 37 heavy (non-hydrogen) atoms. The lowest BCUT2D eigenvalue weighted by Gasteiger charge is -2.22. The molecule has 0 radical (unpaired) electrons. The predicted molar refractivity (Wildman–Crippen MR) is 140 cm³/mol. The minimum absolute atomic E-state index is 0.0197. The van der Waals surface area contributed by atoms with Crippen molar-refractivity contribution < 1.29 is 23.1 Å². The van der Waals surface area contributed by atoms with Gasteiger partial charge in [0.25, 0.3) is 0 Å². The Labute approximate surface area is 215 Å². The van der Waals surface area contributed by atoms with Crippen LogP contribution in [0.5, 0.6) is 0 Å². The van der Waals surface area contributed by atoms with Crippen LogP contribution in [-0.4, -0.2) is 69.8 Å². The third kappa shape index (κ3) is 6.35. The van der Waals surface area contributed by atoms with E-state index in [0.717, 1.165) is 5.56 Å². The van der Waals surface area contributed by atoms with E-state index in [2.05, 4.69) is 46.4 Å². The molecule has 4 rings (SSSR count). The number of carbonyl (C=O) groups is 1. The average molecular weight is 532 g/mol. The second-order valence-electron chi connectivity index (χ2n) is 10.3. The van der Waals surface area contributed by atoms with Crippen LogP contribution < -0.4 is 16.4 Å². The van der Waals surface area contributed by atoms with Gasteiger partial charge in [0.05, 0.1) is 30.5 Å². The van der Waals surface area contributed by atoms with Crippen LogP contribution in [0.3, 0.4) is 0 Å². The highest BCUT2D eigenvalue weighted by Crippen LogP contribution is 2.32. The summed E-state index contributed by atoms with van der Waals surface area (Å²) in [5, 5.41) is 16.5. The molecule has 3 heterocycles. The summed E-state index contributed by atoms with van der Waals surface area (Å²) in [7, 11) is -3.49.